The molecule has 4 heteroatoms. The van der Waals surface area contributed by atoms with Gasteiger partial charge in [-0.25, -0.2) is 0 Å². The number of fused-ring (bicyclic) bond motifs is 1. The lowest BCUT2D eigenvalue weighted by Gasteiger charge is -2.72. The fourth-order valence-corrected chi connectivity index (χ4v) is 8.48. The van der Waals surface area contributed by atoms with Crippen LogP contribution in [-0.2, 0) is 16.6 Å². The van der Waals surface area contributed by atoms with E-state index < -0.39 is 11.2 Å². The first-order valence-electron chi connectivity index (χ1n) is 12.2. The molecule has 2 spiro atoms. The van der Waals surface area contributed by atoms with Crippen molar-refractivity contribution < 1.29 is 14.6 Å². The number of likely N-dealkylation sites (N-methyl/N-ethyl adjacent to an activating group) is 1. The van der Waals surface area contributed by atoms with Crippen LogP contribution in [0.1, 0.15) is 57.6 Å². The van der Waals surface area contributed by atoms with E-state index in [1.807, 2.05) is 7.11 Å². The van der Waals surface area contributed by atoms with Crippen molar-refractivity contribution in [3.8, 4) is 5.75 Å². The smallest absolute Gasteiger partial charge is 0.142 e. The van der Waals surface area contributed by atoms with Crippen LogP contribution in [0, 0.1) is 17.3 Å². The van der Waals surface area contributed by atoms with Gasteiger partial charge >= 0.3 is 0 Å². The molecule has 6 aliphatic rings. The standard InChI is InChI=1S/C27H37NO3/c1-17(2)9-10-24(3,29)20-16-25-11-12-27(20,30-5)23-26(25)13-14-28(4)21(25)15-18-7-6-8-19(31-23)22(18)26/h6-8,11-12,17,20-21,23,29H,9-10,13-16H2,1-5H3/t20-,21-,23-,24-,25?,26+,27+/m1/s1. The van der Waals surface area contributed by atoms with Gasteiger partial charge in [-0.15, -0.1) is 0 Å². The van der Waals surface area contributed by atoms with Crippen LogP contribution in [0.4, 0.5) is 0 Å². The van der Waals surface area contributed by atoms with Crippen LogP contribution in [0.5, 0.6) is 5.75 Å². The van der Waals surface area contributed by atoms with Gasteiger partial charge in [0.15, 0.2) is 0 Å². The zero-order valence-corrected chi connectivity index (χ0v) is 19.6. The average Bonchev–Trinajstić information content (AvgIpc) is 3.11. The van der Waals surface area contributed by atoms with E-state index in [2.05, 4.69) is 63.1 Å². The van der Waals surface area contributed by atoms with Crippen molar-refractivity contribution in [1.82, 2.24) is 4.90 Å². The Balaban J connectivity index is 1.57. The maximum atomic E-state index is 11.9. The molecule has 2 heterocycles. The molecule has 0 aromatic heterocycles. The molecule has 1 N–H and O–H groups in total. The third kappa shape index (κ3) is 2.18. The summed E-state index contributed by atoms with van der Waals surface area (Å²) < 4.78 is 13.3. The van der Waals surface area contributed by atoms with Gasteiger partial charge in [0, 0.05) is 30.0 Å². The molecule has 1 aromatic carbocycles. The number of ether oxygens (including phenoxy) is 2. The Bertz CT molecular complexity index is 954. The quantitative estimate of drug-likeness (QED) is 0.724. The minimum absolute atomic E-state index is 0.0109. The fourth-order valence-electron chi connectivity index (χ4n) is 8.48. The van der Waals surface area contributed by atoms with Crippen LogP contribution < -0.4 is 4.74 Å². The molecule has 1 aromatic rings. The second kappa shape index (κ2) is 6.15. The minimum atomic E-state index is -0.801. The summed E-state index contributed by atoms with van der Waals surface area (Å²) in [6, 6.07) is 7.06. The lowest BCUT2D eigenvalue weighted by atomic mass is 9.36. The minimum Gasteiger partial charge on any atom is -0.486 e. The molecular weight excluding hydrogens is 386 g/mol. The molecule has 4 nitrogen and oxygen atoms in total. The highest BCUT2D eigenvalue weighted by molar-refractivity contribution is 5.61. The van der Waals surface area contributed by atoms with Gasteiger partial charge in [-0.05, 0) is 70.2 Å². The fraction of sp³-hybridized carbons (Fsp3) is 0.704. The molecule has 0 amide bonds. The normalized spacial score (nSPS) is 43.6. The Morgan fingerprint density at radius 3 is 2.87 bits per heavy atom. The van der Waals surface area contributed by atoms with Gasteiger partial charge in [0.2, 0.25) is 0 Å². The lowest BCUT2D eigenvalue weighted by molar-refractivity contribution is -0.247. The van der Waals surface area contributed by atoms with E-state index in [-0.39, 0.29) is 22.9 Å². The average molecular weight is 424 g/mol. The van der Waals surface area contributed by atoms with Gasteiger partial charge in [0.1, 0.15) is 17.5 Å². The Hall–Kier alpha value is -1.36. The molecule has 1 saturated heterocycles. The number of hydrogen-bond donors (Lipinski definition) is 1. The number of rotatable bonds is 5. The summed E-state index contributed by atoms with van der Waals surface area (Å²) in [5.74, 6) is 1.64. The first-order chi connectivity index (χ1) is 14.7. The summed E-state index contributed by atoms with van der Waals surface area (Å²) in [6.07, 6.45) is 9.64. The van der Waals surface area contributed by atoms with Crippen molar-refractivity contribution in [2.45, 2.75) is 81.6 Å². The Morgan fingerprint density at radius 2 is 2.13 bits per heavy atom. The summed E-state index contributed by atoms with van der Waals surface area (Å²) in [5.41, 5.74) is 1.44. The Morgan fingerprint density at radius 1 is 1.32 bits per heavy atom. The molecule has 0 radical (unpaired) electrons. The summed E-state index contributed by atoms with van der Waals surface area (Å²) >= 11 is 0. The van der Waals surface area contributed by atoms with Crippen molar-refractivity contribution in [2.24, 2.45) is 17.3 Å². The second-order valence-electron chi connectivity index (χ2n) is 11.7. The van der Waals surface area contributed by atoms with Crippen LogP contribution in [0.25, 0.3) is 0 Å². The molecule has 2 fully saturated rings. The number of benzene rings is 1. The third-order valence-electron chi connectivity index (χ3n) is 9.95. The van der Waals surface area contributed by atoms with Crippen molar-refractivity contribution in [2.75, 3.05) is 20.7 Å². The van der Waals surface area contributed by atoms with E-state index >= 15 is 0 Å². The van der Waals surface area contributed by atoms with Gasteiger partial charge < -0.3 is 19.5 Å². The maximum absolute atomic E-state index is 11.9. The van der Waals surface area contributed by atoms with Gasteiger partial charge in [-0.2, -0.15) is 0 Å². The summed E-state index contributed by atoms with van der Waals surface area (Å²) in [5, 5.41) is 11.9. The summed E-state index contributed by atoms with van der Waals surface area (Å²) in [6.45, 7) is 7.61. The molecule has 1 saturated carbocycles. The van der Waals surface area contributed by atoms with E-state index in [9.17, 15) is 5.11 Å². The molecule has 4 aliphatic carbocycles. The number of methoxy groups -OCH3 is 1. The number of aliphatic hydroxyl groups is 1. The molecule has 7 atom stereocenters. The molecule has 7 rings (SSSR count). The topological polar surface area (TPSA) is 41.9 Å². The van der Waals surface area contributed by atoms with Gasteiger partial charge in [-0.3, -0.25) is 0 Å². The van der Waals surface area contributed by atoms with Crippen LogP contribution in [0.15, 0.2) is 30.4 Å². The molecule has 1 unspecified atom stereocenters. The van der Waals surface area contributed by atoms with Gasteiger partial charge in [0.05, 0.1) is 11.0 Å². The van der Waals surface area contributed by atoms with Gasteiger partial charge in [0.25, 0.3) is 0 Å². The van der Waals surface area contributed by atoms with Crippen LogP contribution in [0.2, 0.25) is 0 Å². The van der Waals surface area contributed by atoms with Crippen molar-refractivity contribution >= 4 is 0 Å². The van der Waals surface area contributed by atoms with E-state index in [0.717, 1.165) is 44.4 Å². The van der Waals surface area contributed by atoms with Crippen LogP contribution in [-0.4, -0.2) is 54.1 Å². The third-order valence-corrected chi connectivity index (χ3v) is 9.95. The van der Waals surface area contributed by atoms with Gasteiger partial charge in [-0.1, -0.05) is 38.1 Å². The number of hydrogen-bond acceptors (Lipinski definition) is 4. The first-order valence-corrected chi connectivity index (χ1v) is 12.2. The molecule has 168 valence electrons. The van der Waals surface area contributed by atoms with Crippen LogP contribution >= 0.6 is 0 Å². The number of likely N-dealkylation sites (tertiary alicyclic amines) is 1. The monoisotopic (exact) mass is 423 g/mol. The summed E-state index contributed by atoms with van der Waals surface area (Å²) in [7, 11) is 4.12. The highest BCUT2D eigenvalue weighted by Gasteiger charge is 2.79. The largest absolute Gasteiger partial charge is 0.486 e. The highest BCUT2D eigenvalue weighted by Crippen LogP contribution is 2.74. The van der Waals surface area contributed by atoms with Crippen molar-refractivity contribution in [3.05, 3.63) is 41.5 Å². The SMILES string of the molecule is CO[C@@]12C=CC3(C[C@@H]1[C@](C)(O)CCC(C)C)[C@H]1Cc4cccc5c4[C@@]3(CCN1C)[C@H]2O5. The van der Waals surface area contributed by atoms with E-state index in [4.69, 9.17) is 9.47 Å². The molecule has 2 aliphatic heterocycles. The van der Waals surface area contributed by atoms with E-state index in [1.165, 1.54) is 11.1 Å². The maximum Gasteiger partial charge on any atom is 0.142 e. The highest BCUT2D eigenvalue weighted by atomic mass is 16.6. The predicted molar refractivity (Wildman–Crippen MR) is 121 cm³/mol. The molecular formula is C27H37NO3. The van der Waals surface area contributed by atoms with E-state index in [1.54, 1.807) is 0 Å². The zero-order chi connectivity index (χ0) is 21.8. The Labute approximate surface area is 186 Å². The summed E-state index contributed by atoms with van der Waals surface area (Å²) in [4.78, 5) is 2.57. The lowest BCUT2D eigenvalue weighted by Crippen LogP contribution is -2.80. The second-order valence-corrected chi connectivity index (χ2v) is 11.7. The van der Waals surface area contributed by atoms with Crippen molar-refractivity contribution in [3.63, 3.8) is 0 Å². The van der Waals surface area contributed by atoms with Crippen molar-refractivity contribution in [1.29, 1.82) is 0 Å². The molecule has 4 bridgehead atoms. The van der Waals surface area contributed by atoms with Crippen LogP contribution in [0.3, 0.4) is 0 Å². The molecule has 31 heavy (non-hydrogen) atoms. The number of nitrogens with zero attached hydrogens (tertiary/aromatic N) is 1. The zero-order valence-electron chi connectivity index (χ0n) is 19.6. The van der Waals surface area contributed by atoms with E-state index in [0.29, 0.717) is 12.0 Å². The number of piperidine rings is 1. The first kappa shape index (κ1) is 20.3. The Kier molecular flexibility index (Phi) is 4.02. The predicted octanol–water partition coefficient (Wildman–Crippen LogP) is 4.09.